The highest BCUT2D eigenvalue weighted by atomic mass is 16.5. The van der Waals surface area contributed by atoms with E-state index in [4.69, 9.17) is 10.4 Å². The van der Waals surface area contributed by atoms with Gasteiger partial charge in [0.1, 0.15) is 6.07 Å². The zero-order chi connectivity index (χ0) is 14.5. The number of nitriles is 1. The van der Waals surface area contributed by atoms with Gasteiger partial charge >= 0.3 is 5.97 Å². The second kappa shape index (κ2) is 6.40. The number of methoxy groups -OCH3 is 1. The molecule has 0 amide bonds. The van der Waals surface area contributed by atoms with Crippen molar-refractivity contribution in [1.29, 1.82) is 5.26 Å². The van der Waals surface area contributed by atoms with Gasteiger partial charge in [-0.05, 0) is 37.0 Å². The van der Waals surface area contributed by atoms with Gasteiger partial charge in [-0.3, -0.25) is 0 Å². The molecule has 2 rings (SSSR count). The Morgan fingerprint density at radius 1 is 1.50 bits per heavy atom. The standard InChI is InChI=1S/C15H18N2O3/c1-20-15(19)14-3-2-13(8-12(14)9-16)17-6-4-11(10-18)5-7-17/h2-3,8,11,18H,4-7,10H2,1H3. The smallest absolute Gasteiger partial charge is 0.339 e. The number of nitrogens with zero attached hydrogens (tertiary/aromatic N) is 2. The van der Waals surface area contributed by atoms with E-state index in [2.05, 4.69) is 9.64 Å². The molecule has 106 valence electrons. The lowest BCUT2D eigenvalue weighted by Gasteiger charge is -2.33. The van der Waals surface area contributed by atoms with Gasteiger partial charge in [0.25, 0.3) is 0 Å². The van der Waals surface area contributed by atoms with Crippen LogP contribution in [0.15, 0.2) is 18.2 Å². The quantitative estimate of drug-likeness (QED) is 0.847. The minimum Gasteiger partial charge on any atom is -0.465 e. The summed E-state index contributed by atoms with van der Waals surface area (Å²) < 4.78 is 4.66. The lowest BCUT2D eigenvalue weighted by molar-refractivity contribution is 0.0600. The molecule has 5 nitrogen and oxygen atoms in total. The van der Waals surface area contributed by atoms with Gasteiger partial charge in [-0.1, -0.05) is 0 Å². The molecule has 20 heavy (non-hydrogen) atoms. The molecule has 0 saturated carbocycles. The highest BCUT2D eigenvalue weighted by molar-refractivity contribution is 5.92. The SMILES string of the molecule is COC(=O)c1ccc(N2CCC(CO)CC2)cc1C#N. The maximum atomic E-state index is 11.5. The van der Waals surface area contributed by atoms with Crippen molar-refractivity contribution < 1.29 is 14.6 Å². The van der Waals surface area contributed by atoms with Gasteiger partial charge in [0.05, 0.1) is 18.2 Å². The number of esters is 1. The van der Waals surface area contributed by atoms with Crippen molar-refractivity contribution in [1.82, 2.24) is 0 Å². The zero-order valence-corrected chi connectivity index (χ0v) is 11.5. The Morgan fingerprint density at radius 3 is 2.75 bits per heavy atom. The fourth-order valence-electron chi connectivity index (χ4n) is 2.48. The third-order valence-electron chi connectivity index (χ3n) is 3.77. The Bertz CT molecular complexity index is 528. The highest BCUT2D eigenvalue weighted by Gasteiger charge is 2.20. The summed E-state index contributed by atoms with van der Waals surface area (Å²) in [6.07, 6.45) is 1.88. The fourth-order valence-corrected chi connectivity index (χ4v) is 2.48. The Balaban J connectivity index is 2.18. The van der Waals surface area contributed by atoms with E-state index >= 15 is 0 Å². The first kappa shape index (κ1) is 14.4. The van der Waals surface area contributed by atoms with Crippen LogP contribution in [0.1, 0.15) is 28.8 Å². The largest absolute Gasteiger partial charge is 0.465 e. The molecular formula is C15H18N2O3. The van der Waals surface area contributed by atoms with Crippen LogP contribution >= 0.6 is 0 Å². The van der Waals surface area contributed by atoms with Crippen molar-refractivity contribution in [3.63, 3.8) is 0 Å². The van der Waals surface area contributed by atoms with E-state index in [1.54, 1.807) is 12.1 Å². The highest BCUT2D eigenvalue weighted by Crippen LogP contribution is 2.25. The van der Waals surface area contributed by atoms with Gasteiger partial charge < -0.3 is 14.7 Å². The molecular weight excluding hydrogens is 256 g/mol. The minimum atomic E-state index is -0.493. The second-order valence-corrected chi connectivity index (χ2v) is 4.95. The first-order valence-electron chi connectivity index (χ1n) is 6.68. The topological polar surface area (TPSA) is 73.6 Å². The third-order valence-corrected chi connectivity index (χ3v) is 3.77. The van der Waals surface area contributed by atoms with Crippen molar-refractivity contribution in [2.24, 2.45) is 5.92 Å². The molecule has 1 N–H and O–H groups in total. The predicted octanol–water partition coefficient (Wildman–Crippen LogP) is 1.55. The molecule has 0 radical (unpaired) electrons. The molecule has 1 aromatic carbocycles. The third kappa shape index (κ3) is 2.91. The lowest BCUT2D eigenvalue weighted by atomic mass is 9.97. The molecule has 0 atom stereocenters. The normalized spacial score (nSPS) is 15.8. The van der Waals surface area contributed by atoms with Crippen LogP contribution in [-0.4, -0.2) is 37.9 Å². The van der Waals surface area contributed by atoms with Gasteiger partial charge in [0, 0.05) is 25.4 Å². The molecule has 1 fully saturated rings. The number of aliphatic hydroxyl groups excluding tert-OH is 1. The molecule has 1 heterocycles. The number of carbonyl (C=O) groups excluding carboxylic acids is 1. The van der Waals surface area contributed by atoms with Crippen LogP contribution in [0.2, 0.25) is 0 Å². The molecule has 1 saturated heterocycles. The minimum absolute atomic E-state index is 0.235. The summed E-state index contributed by atoms with van der Waals surface area (Å²) in [6, 6.07) is 7.25. The van der Waals surface area contributed by atoms with Crippen molar-refractivity contribution >= 4 is 11.7 Å². The number of ether oxygens (including phenoxy) is 1. The molecule has 0 aromatic heterocycles. The van der Waals surface area contributed by atoms with E-state index in [1.165, 1.54) is 7.11 Å². The number of carbonyl (C=O) groups is 1. The monoisotopic (exact) mass is 274 g/mol. The van der Waals surface area contributed by atoms with Crippen molar-refractivity contribution in [2.75, 3.05) is 31.7 Å². The molecule has 0 unspecified atom stereocenters. The van der Waals surface area contributed by atoms with Gasteiger partial charge in [0.15, 0.2) is 0 Å². The molecule has 0 aliphatic carbocycles. The van der Waals surface area contributed by atoms with Crippen LogP contribution in [0.3, 0.4) is 0 Å². The van der Waals surface area contributed by atoms with E-state index in [0.29, 0.717) is 17.0 Å². The summed E-state index contributed by atoms with van der Waals surface area (Å²) in [7, 11) is 1.30. The number of benzene rings is 1. The van der Waals surface area contributed by atoms with Crippen LogP contribution in [-0.2, 0) is 4.74 Å². The molecule has 0 spiro atoms. The maximum Gasteiger partial charge on any atom is 0.339 e. The Kier molecular flexibility index (Phi) is 4.59. The lowest BCUT2D eigenvalue weighted by Crippen LogP contribution is -2.34. The van der Waals surface area contributed by atoms with Crippen molar-refractivity contribution in [2.45, 2.75) is 12.8 Å². The molecule has 1 aliphatic heterocycles. The summed E-state index contributed by atoms with van der Waals surface area (Å²) in [5, 5.41) is 18.3. The number of hydrogen-bond donors (Lipinski definition) is 1. The van der Waals surface area contributed by atoms with Crippen molar-refractivity contribution in [3.8, 4) is 6.07 Å². The average molecular weight is 274 g/mol. The molecule has 0 bridgehead atoms. The Hall–Kier alpha value is -2.06. The fraction of sp³-hybridized carbons (Fsp3) is 0.467. The first-order chi connectivity index (χ1) is 9.69. The number of rotatable bonds is 3. The van der Waals surface area contributed by atoms with Crippen LogP contribution in [0, 0.1) is 17.2 Å². The number of hydrogen-bond acceptors (Lipinski definition) is 5. The van der Waals surface area contributed by atoms with Gasteiger partial charge in [-0.15, -0.1) is 0 Å². The van der Waals surface area contributed by atoms with Crippen LogP contribution in [0.4, 0.5) is 5.69 Å². The summed E-state index contributed by atoms with van der Waals surface area (Å²) in [5.41, 5.74) is 1.56. The summed E-state index contributed by atoms with van der Waals surface area (Å²) >= 11 is 0. The van der Waals surface area contributed by atoms with Crippen molar-refractivity contribution in [3.05, 3.63) is 29.3 Å². The zero-order valence-electron chi connectivity index (χ0n) is 11.5. The van der Waals surface area contributed by atoms with Gasteiger partial charge in [-0.2, -0.15) is 5.26 Å². The predicted molar refractivity (Wildman–Crippen MR) is 74.5 cm³/mol. The van der Waals surface area contributed by atoms with E-state index in [9.17, 15) is 4.79 Å². The average Bonchev–Trinajstić information content (AvgIpc) is 2.53. The van der Waals surface area contributed by atoms with E-state index < -0.39 is 5.97 Å². The van der Waals surface area contributed by atoms with E-state index in [-0.39, 0.29) is 6.61 Å². The number of piperidine rings is 1. The van der Waals surface area contributed by atoms with Crippen LogP contribution in [0.5, 0.6) is 0 Å². The van der Waals surface area contributed by atoms with Gasteiger partial charge in [-0.25, -0.2) is 4.79 Å². The van der Waals surface area contributed by atoms with E-state index in [0.717, 1.165) is 31.6 Å². The van der Waals surface area contributed by atoms with Gasteiger partial charge in [0.2, 0.25) is 0 Å². The Morgan fingerprint density at radius 2 is 2.20 bits per heavy atom. The number of anilines is 1. The van der Waals surface area contributed by atoms with Crippen LogP contribution in [0.25, 0.3) is 0 Å². The summed E-state index contributed by atoms with van der Waals surface area (Å²) in [4.78, 5) is 13.7. The summed E-state index contributed by atoms with van der Waals surface area (Å²) in [6.45, 7) is 1.94. The second-order valence-electron chi connectivity index (χ2n) is 4.95. The molecule has 5 heteroatoms. The van der Waals surface area contributed by atoms with E-state index in [1.807, 2.05) is 12.1 Å². The number of aliphatic hydroxyl groups is 1. The maximum absolute atomic E-state index is 11.5. The van der Waals surface area contributed by atoms with Crippen LogP contribution < -0.4 is 4.90 Å². The molecule has 1 aliphatic rings. The molecule has 1 aromatic rings. The summed E-state index contributed by atoms with van der Waals surface area (Å²) in [5.74, 6) is -0.122. The Labute approximate surface area is 118 Å². The first-order valence-corrected chi connectivity index (χ1v) is 6.68.